The molecule has 3 N–H and O–H groups in total. The molecule has 0 saturated heterocycles. The Kier molecular flexibility index (Phi) is 3.72. The Bertz CT molecular complexity index is 556. The minimum atomic E-state index is -0.766. The molecule has 0 aromatic heterocycles. The van der Waals surface area contributed by atoms with E-state index in [0.717, 1.165) is 16.6 Å². The molecule has 0 aliphatic rings. The van der Waals surface area contributed by atoms with Crippen molar-refractivity contribution in [2.75, 3.05) is 17.3 Å². The van der Waals surface area contributed by atoms with Crippen molar-refractivity contribution in [1.29, 1.82) is 0 Å². The lowest BCUT2D eigenvalue weighted by Gasteiger charge is -2.10. The Morgan fingerprint density at radius 1 is 1.11 bits per heavy atom. The summed E-state index contributed by atoms with van der Waals surface area (Å²) in [6, 6.07) is 9.41. The van der Waals surface area contributed by atoms with Crippen molar-refractivity contribution in [3.8, 4) is 0 Å². The molecule has 2 aromatic carbocycles. The molecule has 0 atom stereocenters. The Balaban J connectivity index is 2.27. The molecule has 0 spiro atoms. The van der Waals surface area contributed by atoms with Crippen molar-refractivity contribution in [2.45, 2.75) is 4.90 Å². The second kappa shape index (κ2) is 5.27. The van der Waals surface area contributed by atoms with Crippen molar-refractivity contribution in [3.63, 3.8) is 0 Å². The average Bonchev–Trinajstić information content (AvgIpc) is 2.36. The van der Waals surface area contributed by atoms with Gasteiger partial charge in [-0.25, -0.2) is 8.78 Å². The molecule has 5 heteroatoms. The van der Waals surface area contributed by atoms with Gasteiger partial charge in [0.25, 0.3) is 0 Å². The number of nitrogens with two attached hydrogens (primary N) is 1. The van der Waals surface area contributed by atoms with E-state index in [4.69, 9.17) is 5.73 Å². The van der Waals surface area contributed by atoms with Crippen molar-refractivity contribution < 1.29 is 8.78 Å². The minimum Gasteiger partial charge on any atom is -0.395 e. The van der Waals surface area contributed by atoms with Crippen molar-refractivity contribution in [2.24, 2.45) is 0 Å². The van der Waals surface area contributed by atoms with Crippen LogP contribution in [0.2, 0.25) is 0 Å². The van der Waals surface area contributed by atoms with Gasteiger partial charge in [0.15, 0.2) is 5.82 Å². The molecule has 2 nitrogen and oxygen atoms in total. The number of thioether (sulfide) groups is 1. The Morgan fingerprint density at radius 2 is 1.78 bits per heavy atom. The molecule has 0 bridgehead atoms. The SMILES string of the molecule is CSc1ccc(Nc2cc(F)cc(F)c2N)cc1. The third kappa shape index (κ3) is 2.73. The van der Waals surface area contributed by atoms with Gasteiger partial charge < -0.3 is 11.1 Å². The first kappa shape index (κ1) is 12.7. The fraction of sp³-hybridized carbons (Fsp3) is 0.0769. The lowest BCUT2D eigenvalue weighted by molar-refractivity contribution is 0.587. The van der Waals surface area contributed by atoms with E-state index in [-0.39, 0.29) is 11.4 Å². The quantitative estimate of drug-likeness (QED) is 0.651. The molecule has 0 unspecified atom stereocenters. The summed E-state index contributed by atoms with van der Waals surface area (Å²) in [5.41, 5.74) is 6.41. The van der Waals surface area contributed by atoms with Gasteiger partial charge in [0.1, 0.15) is 5.82 Å². The van der Waals surface area contributed by atoms with E-state index in [9.17, 15) is 8.78 Å². The van der Waals surface area contributed by atoms with E-state index in [1.807, 2.05) is 30.5 Å². The van der Waals surface area contributed by atoms with Crippen LogP contribution in [-0.2, 0) is 0 Å². The molecule has 0 aliphatic heterocycles. The first-order valence-electron chi connectivity index (χ1n) is 5.26. The number of nitrogens with one attached hydrogen (secondary N) is 1. The minimum absolute atomic E-state index is 0.0923. The van der Waals surface area contributed by atoms with Crippen LogP contribution in [-0.4, -0.2) is 6.26 Å². The van der Waals surface area contributed by atoms with Crippen LogP contribution < -0.4 is 11.1 Å². The molecule has 0 heterocycles. The maximum absolute atomic E-state index is 13.3. The van der Waals surface area contributed by atoms with E-state index in [1.165, 1.54) is 6.07 Å². The summed E-state index contributed by atoms with van der Waals surface area (Å²) in [4.78, 5) is 1.11. The Morgan fingerprint density at radius 3 is 2.39 bits per heavy atom. The van der Waals surface area contributed by atoms with Gasteiger partial charge in [-0.3, -0.25) is 0 Å². The fourth-order valence-corrected chi connectivity index (χ4v) is 1.93. The van der Waals surface area contributed by atoms with Gasteiger partial charge in [-0.05, 0) is 36.6 Å². The van der Waals surface area contributed by atoms with Gasteiger partial charge in [-0.15, -0.1) is 11.8 Å². The zero-order chi connectivity index (χ0) is 13.1. The van der Waals surface area contributed by atoms with Crippen LogP contribution in [0.5, 0.6) is 0 Å². The van der Waals surface area contributed by atoms with Crippen LogP contribution in [0.15, 0.2) is 41.3 Å². The van der Waals surface area contributed by atoms with E-state index >= 15 is 0 Å². The highest BCUT2D eigenvalue weighted by Crippen LogP contribution is 2.27. The van der Waals surface area contributed by atoms with Gasteiger partial charge in [-0.1, -0.05) is 0 Å². The maximum Gasteiger partial charge on any atom is 0.151 e. The molecule has 2 aromatic rings. The predicted molar refractivity (Wildman–Crippen MR) is 72.3 cm³/mol. The lowest BCUT2D eigenvalue weighted by atomic mass is 10.2. The zero-order valence-electron chi connectivity index (χ0n) is 9.71. The Labute approximate surface area is 108 Å². The van der Waals surface area contributed by atoms with E-state index in [1.54, 1.807) is 11.8 Å². The number of rotatable bonds is 3. The summed E-state index contributed by atoms with van der Waals surface area (Å²) in [5.74, 6) is -1.43. The number of hydrogen-bond donors (Lipinski definition) is 2. The summed E-state index contributed by atoms with van der Waals surface area (Å²) in [6.07, 6.45) is 1.97. The van der Waals surface area contributed by atoms with Crippen LogP contribution in [0.3, 0.4) is 0 Å². The number of anilines is 3. The number of nitrogen functional groups attached to an aromatic ring is 1. The van der Waals surface area contributed by atoms with E-state index in [2.05, 4.69) is 5.32 Å². The summed E-state index contributed by atoms with van der Waals surface area (Å²) in [5, 5.41) is 2.89. The van der Waals surface area contributed by atoms with Gasteiger partial charge in [0.2, 0.25) is 0 Å². The first-order valence-corrected chi connectivity index (χ1v) is 6.48. The van der Waals surface area contributed by atoms with Gasteiger partial charge in [0, 0.05) is 16.6 Å². The molecule has 0 saturated carbocycles. The van der Waals surface area contributed by atoms with Crippen molar-refractivity contribution >= 4 is 28.8 Å². The molecule has 0 aliphatic carbocycles. The number of benzene rings is 2. The monoisotopic (exact) mass is 266 g/mol. The van der Waals surface area contributed by atoms with E-state index in [0.29, 0.717) is 0 Å². The molecule has 0 radical (unpaired) electrons. The molecule has 0 amide bonds. The molecule has 2 rings (SSSR count). The second-order valence-electron chi connectivity index (χ2n) is 3.70. The smallest absolute Gasteiger partial charge is 0.151 e. The van der Waals surface area contributed by atoms with Gasteiger partial charge in [-0.2, -0.15) is 0 Å². The number of hydrogen-bond acceptors (Lipinski definition) is 3. The highest BCUT2D eigenvalue weighted by atomic mass is 32.2. The summed E-state index contributed by atoms with van der Waals surface area (Å²) < 4.78 is 26.3. The van der Waals surface area contributed by atoms with Crippen molar-refractivity contribution in [1.82, 2.24) is 0 Å². The second-order valence-corrected chi connectivity index (χ2v) is 4.58. The first-order chi connectivity index (χ1) is 8.60. The molecular weight excluding hydrogens is 254 g/mol. The lowest BCUT2D eigenvalue weighted by Crippen LogP contribution is -2.00. The summed E-state index contributed by atoms with van der Waals surface area (Å²) >= 11 is 1.62. The van der Waals surface area contributed by atoms with E-state index < -0.39 is 11.6 Å². The normalized spacial score (nSPS) is 10.4. The highest BCUT2D eigenvalue weighted by Gasteiger charge is 2.08. The molecular formula is C13H12F2N2S. The molecule has 94 valence electrons. The third-order valence-electron chi connectivity index (χ3n) is 2.46. The highest BCUT2D eigenvalue weighted by molar-refractivity contribution is 7.98. The van der Waals surface area contributed by atoms with Crippen LogP contribution in [0.25, 0.3) is 0 Å². The third-order valence-corrected chi connectivity index (χ3v) is 3.21. The van der Waals surface area contributed by atoms with Crippen LogP contribution in [0.4, 0.5) is 25.8 Å². The van der Waals surface area contributed by atoms with Crippen LogP contribution in [0.1, 0.15) is 0 Å². The Hall–Kier alpha value is -1.75. The van der Waals surface area contributed by atoms with Gasteiger partial charge in [0.05, 0.1) is 11.4 Å². The van der Waals surface area contributed by atoms with Crippen LogP contribution in [0, 0.1) is 11.6 Å². The summed E-state index contributed by atoms with van der Waals surface area (Å²) in [6.45, 7) is 0. The standard InChI is InChI=1S/C13H12F2N2S/c1-18-10-4-2-9(3-5-10)17-12-7-8(14)6-11(15)13(12)16/h2-7,17H,16H2,1H3. The zero-order valence-corrected chi connectivity index (χ0v) is 10.5. The predicted octanol–water partition coefficient (Wildman–Crippen LogP) is 4.01. The van der Waals surface area contributed by atoms with Gasteiger partial charge >= 0.3 is 0 Å². The van der Waals surface area contributed by atoms with Crippen LogP contribution >= 0.6 is 11.8 Å². The topological polar surface area (TPSA) is 38.0 Å². The van der Waals surface area contributed by atoms with Crippen molar-refractivity contribution in [3.05, 3.63) is 48.0 Å². The maximum atomic E-state index is 13.3. The molecule has 0 fully saturated rings. The largest absolute Gasteiger partial charge is 0.395 e. The summed E-state index contributed by atoms with van der Waals surface area (Å²) in [7, 11) is 0. The number of halogens is 2. The average molecular weight is 266 g/mol. The molecule has 18 heavy (non-hydrogen) atoms. The fourth-order valence-electron chi connectivity index (χ4n) is 1.52.